The number of sulfonamides is 1. The molecular formula is C13H21N7O3S. The lowest BCUT2D eigenvalue weighted by Crippen LogP contribution is -2.30. The zero-order valence-corrected chi connectivity index (χ0v) is 14.9. The molecule has 2 aromatic rings. The Kier molecular flexibility index (Phi) is 5.22. The van der Waals surface area contributed by atoms with E-state index in [1.54, 1.807) is 0 Å². The molecule has 24 heavy (non-hydrogen) atoms. The van der Waals surface area contributed by atoms with Gasteiger partial charge >= 0.3 is 0 Å². The number of aryl methyl sites for hydroxylation is 2. The highest BCUT2D eigenvalue weighted by molar-refractivity contribution is 7.92. The molecule has 0 aliphatic heterocycles. The minimum atomic E-state index is -3.42. The van der Waals surface area contributed by atoms with Crippen molar-refractivity contribution in [1.29, 1.82) is 0 Å². The summed E-state index contributed by atoms with van der Waals surface area (Å²) in [6.45, 7) is 4.31. The number of anilines is 1. The van der Waals surface area contributed by atoms with Crippen LogP contribution in [0, 0.1) is 13.8 Å². The molecule has 2 aromatic heterocycles. The number of amides is 1. The van der Waals surface area contributed by atoms with Gasteiger partial charge in [-0.1, -0.05) is 0 Å². The van der Waals surface area contributed by atoms with Crippen LogP contribution >= 0.6 is 0 Å². The molecule has 10 nitrogen and oxygen atoms in total. The summed E-state index contributed by atoms with van der Waals surface area (Å²) in [5.74, 6) is -0.178. The molecule has 2 heterocycles. The molecule has 0 aliphatic rings. The maximum atomic E-state index is 11.9. The van der Waals surface area contributed by atoms with Gasteiger partial charge in [0.1, 0.15) is 6.54 Å². The number of carbonyl (C=O) groups is 1. The minimum absolute atomic E-state index is 0.0758. The average Bonchev–Trinajstić information content (AvgIpc) is 2.96. The van der Waals surface area contributed by atoms with Crippen LogP contribution < -0.4 is 10.0 Å². The van der Waals surface area contributed by atoms with Crippen molar-refractivity contribution < 1.29 is 13.2 Å². The molecule has 132 valence electrons. The second-order valence-corrected chi connectivity index (χ2v) is 7.26. The summed E-state index contributed by atoms with van der Waals surface area (Å²) in [5, 5.41) is 14.8. The number of hydrogen-bond acceptors (Lipinski definition) is 6. The van der Waals surface area contributed by atoms with Gasteiger partial charge in [-0.15, -0.1) is 5.10 Å². The first kappa shape index (κ1) is 17.9. The Morgan fingerprint density at radius 1 is 1.29 bits per heavy atom. The van der Waals surface area contributed by atoms with Crippen molar-refractivity contribution in [1.82, 2.24) is 30.1 Å². The summed E-state index contributed by atoms with van der Waals surface area (Å²) in [4.78, 5) is 13.0. The third-order valence-electron chi connectivity index (χ3n) is 3.47. The number of carbonyl (C=O) groups excluding carboxylic acids is 1. The van der Waals surface area contributed by atoms with Crippen LogP contribution in [-0.2, 0) is 34.8 Å². The first-order valence-electron chi connectivity index (χ1n) is 7.29. The van der Waals surface area contributed by atoms with E-state index in [2.05, 4.69) is 25.3 Å². The van der Waals surface area contributed by atoms with Crippen molar-refractivity contribution in [3.8, 4) is 0 Å². The van der Waals surface area contributed by atoms with Gasteiger partial charge in [-0.3, -0.25) is 14.2 Å². The Balaban J connectivity index is 1.83. The highest BCUT2D eigenvalue weighted by Gasteiger charge is 2.11. The number of nitrogens with one attached hydrogen (secondary N) is 2. The fraction of sp³-hybridized carbons (Fsp3) is 0.538. The van der Waals surface area contributed by atoms with Crippen LogP contribution in [0.25, 0.3) is 0 Å². The molecule has 0 aliphatic carbocycles. The minimum Gasteiger partial charge on any atom is -0.354 e. The van der Waals surface area contributed by atoms with Crippen LogP contribution in [-0.4, -0.2) is 51.9 Å². The van der Waals surface area contributed by atoms with Crippen molar-refractivity contribution in [3.05, 3.63) is 23.1 Å². The Morgan fingerprint density at radius 3 is 2.58 bits per heavy atom. The Bertz CT molecular complexity index is 838. The van der Waals surface area contributed by atoms with Crippen LogP contribution in [0.2, 0.25) is 0 Å². The summed E-state index contributed by atoms with van der Waals surface area (Å²) in [6, 6.07) is 0. The Hall–Kier alpha value is -2.43. The third-order valence-corrected chi connectivity index (χ3v) is 4.05. The molecular weight excluding hydrogens is 334 g/mol. The largest absolute Gasteiger partial charge is 0.354 e. The zero-order chi connectivity index (χ0) is 17.9. The average molecular weight is 355 g/mol. The van der Waals surface area contributed by atoms with E-state index in [4.69, 9.17) is 0 Å². The van der Waals surface area contributed by atoms with E-state index in [9.17, 15) is 13.2 Å². The second-order valence-electron chi connectivity index (χ2n) is 5.51. The van der Waals surface area contributed by atoms with Gasteiger partial charge in [-0.2, -0.15) is 15.0 Å². The molecule has 0 spiro atoms. The summed E-state index contributed by atoms with van der Waals surface area (Å²) in [7, 11) is -1.53. The molecule has 0 radical (unpaired) electrons. The predicted octanol–water partition coefficient (Wildman–Crippen LogP) is -0.641. The van der Waals surface area contributed by atoms with Crippen LogP contribution in [0.4, 0.5) is 5.82 Å². The standard InChI is InChI=1S/C13H21N7O3S/c1-9-11(10(2)19(3)16-9)5-6-14-13(21)8-20-15-7-12(17-20)18-24(4,22)23/h7H,5-6,8H2,1-4H3,(H,14,21)(H,17,18). The van der Waals surface area contributed by atoms with Gasteiger partial charge < -0.3 is 5.32 Å². The van der Waals surface area contributed by atoms with Gasteiger partial charge in [0.15, 0.2) is 5.82 Å². The van der Waals surface area contributed by atoms with Crippen molar-refractivity contribution in [2.75, 3.05) is 17.5 Å². The molecule has 11 heteroatoms. The molecule has 2 rings (SSSR count). The number of aromatic nitrogens is 5. The van der Waals surface area contributed by atoms with Crippen molar-refractivity contribution in [2.45, 2.75) is 26.8 Å². The summed E-state index contributed by atoms with van der Waals surface area (Å²) in [5.41, 5.74) is 3.15. The first-order valence-corrected chi connectivity index (χ1v) is 9.18. The van der Waals surface area contributed by atoms with Gasteiger partial charge in [0.25, 0.3) is 0 Å². The van der Waals surface area contributed by atoms with Gasteiger partial charge in [-0.25, -0.2) is 8.42 Å². The van der Waals surface area contributed by atoms with Crippen molar-refractivity contribution in [2.24, 2.45) is 7.05 Å². The van der Waals surface area contributed by atoms with Crippen LogP contribution in [0.15, 0.2) is 6.20 Å². The van der Waals surface area contributed by atoms with Crippen LogP contribution in [0.3, 0.4) is 0 Å². The molecule has 1 amide bonds. The number of rotatable bonds is 7. The topological polar surface area (TPSA) is 124 Å². The number of hydrogen-bond donors (Lipinski definition) is 2. The van der Waals surface area contributed by atoms with E-state index >= 15 is 0 Å². The second kappa shape index (κ2) is 6.99. The maximum absolute atomic E-state index is 11.9. The Morgan fingerprint density at radius 2 is 2.00 bits per heavy atom. The lowest BCUT2D eigenvalue weighted by Gasteiger charge is -2.05. The molecule has 0 saturated carbocycles. The normalized spacial score (nSPS) is 11.5. The van der Waals surface area contributed by atoms with E-state index in [1.165, 1.54) is 6.20 Å². The van der Waals surface area contributed by atoms with Crippen LogP contribution in [0.1, 0.15) is 17.0 Å². The quantitative estimate of drug-likeness (QED) is 0.681. The van der Waals surface area contributed by atoms with E-state index < -0.39 is 10.0 Å². The lowest BCUT2D eigenvalue weighted by atomic mass is 10.1. The summed E-state index contributed by atoms with van der Waals surface area (Å²) >= 11 is 0. The van der Waals surface area contributed by atoms with Crippen molar-refractivity contribution >= 4 is 21.7 Å². The highest BCUT2D eigenvalue weighted by atomic mass is 32.2. The van der Waals surface area contributed by atoms with E-state index in [1.807, 2.05) is 25.6 Å². The zero-order valence-electron chi connectivity index (χ0n) is 14.1. The fourth-order valence-electron chi connectivity index (χ4n) is 2.30. The van der Waals surface area contributed by atoms with E-state index in [-0.39, 0.29) is 18.3 Å². The molecule has 0 fully saturated rings. The molecule has 0 atom stereocenters. The monoisotopic (exact) mass is 355 g/mol. The first-order chi connectivity index (χ1) is 11.2. The molecule has 2 N–H and O–H groups in total. The molecule has 0 saturated heterocycles. The smallest absolute Gasteiger partial charge is 0.243 e. The molecule has 0 bridgehead atoms. The molecule has 0 unspecified atom stereocenters. The van der Waals surface area contributed by atoms with E-state index in [0.29, 0.717) is 13.0 Å². The van der Waals surface area contributed by atoms with E-state index in [0.717, 1.165) is 28.0 Å². The van der Waals surface area contributed by atoms with Crippen LogP contribution in [0.5, 0.6) is 0 Å². The third kappa shape index (κ3) is 4.78. The van der Waals surface area contributed by atoms with Gasteiger partial charge in [0.2, 0.25) is 15.9 Å². The Labute approximate surface area is 140 Å². The van der Waals surface area contributed by atoms with Gasteiger partial charge in [0, 0.05) is 19.3 Å². The molecule has 0 aromatic carbocycles. The van der Waals surface area contributed by atoms with Gasteiger partial charge in [0.05, 0.1) is 18.1 Å². The number of nitrogens with zero attached hydrogens (tertiary/aromatic N) is 5. The summed E-state index contributed by atoms with van der Waals surface area (Å²) in [6.07, 6.45) is 2.95. The summed E-state index contributed by atoms with van der Waals surface area (Å²) < 4.78 is 26.2. The van der Waals surface area contributed by atoms with Crippen molar-refractivity contribution in [3.63, 3.8) is 0 Å². The fourth-order valence-corrected chi connectivity index (χ4v) is 2.77. The lowest BCUT2D eigenvalue weighted by molar-refractivity contribution is -0.122. The maximum Gasteiger partial charge on any atom is 0.243 e. The van der Waals surface area contributed by atoms with Gasteiger partial charge in [-0.05, 0) is 25.8 Å². The SMILES string of the molecule is Cc1nn(C)c(C)c1CCNC(=O)Cn1ncc(NS(C)(=O)=O)n1. The highest BCUT2D eigenvalue weighted by Crippen LogP contribution is 2.11. The predicted molar refractivity (Wildman–Crippen MR) is 87.9 cm³/mol.